The summed E-state index contributed by atoms with van der Waals surface area (Å²) in [5, 5.41) is 9.54. The number of aromatic nitrogens is 1. The predicted octanol–water partition coefficient (Wildman–Crippen LogP) is 2.18. The second-order valence-electron chi connectivity index (χ2n) is 5.26. The summed E-state index contributed by atoms with van der Waals surface area (Å²) in [6.45, 7) is 1.77. The van der Waals surface area contributed by atoms with Crippen molar-refractivity contribution in [3.63, 3.8) is 0 Å². The second kappa shape index (κ2) is 4.69. The molecule has 2 heterocycles. The maximum Gasteiger partial charge on any atom is 0.325 e. The van der Waals surface area contributed by atoms with Gasteiger partial charge in [0.25, 0.3) is 0 Å². The lowest BCUT2D eigenvalue weighted by Crippen LogP contribution is -2.32. The summed E-state index contributed by atoms with van der Waals surface area (Å²) in [6, 6.07) is 1.50. The fraction of sp³-hybridized carbons (Fsp3) is 0.571. The third-order valence-corrected chi connectivity index (χ3v) is 3.94. The molecule has 2 fully saturated rings. The third kappa shape index (κ3) is 2.12. The van der Waals surface area contributed by atoms with E-state index in [1.54, 1.807) is 12.4 Å². The Kier molecular flexibility index (Phi) is 3.04. The van der Waals surface area contributed by atoms with E-state index in [9.17, 15) is 9.90 Å². The Bertz CT molecular complexity index is 451. The van der Waals surface area contributed by atoms with E-state index >= 15 is 0 Å². The van der Waals surface area contributed by atoms with Gasteiger partial charge in [0.1, 0.15) is 6.04 Å². The van der Waals surface area contributed by atoms with E-state index in [0.29, 0.717) is 5.92 Å². The Hall–Kier alpha value is -1.42. The number of pyridine rings is 1. The summed E-state index contributed by atoms with van der Waals surface area (Å²) >= 11 is 0. The number of rotatable bonds is 4. The van der Waals surface area contributed by atoms with Crippen LogP contribution in [0, 0.1) is 0 Å². The zero-order valence-electron chi connectivity index (χ0n) is 10.4. The van der Waals surface area contributed by atoms with Crippen molar-refractivity contribution >= 4 is 5.97 Å². The standard InChI is InChI=1S/C14H18N2O2/c17-14(18)13(16-7-1-2-8-16)12-9-15-6-5-11(12)10-3-4-10/h5-6,9-10,13H,1-4,7-8H2,(H,17,18). The van der Waals surface area contributed by atoms with Gasteiger partial charge in [-0.1, -0.05) is 0 Å². The number of carbonyl (C=O) groups is 1. The molecule has 0 amide bonds. The van der Waals surface area contributed by atoms with Crippen LogP contribution >= 0.6 is 0 Å². The van der Waals surface area contributed by atoms with Crippen molar-refractivity contribution in [3.05, 3.63) is 29.6 Å². The highest BCUT2D eigenvalue weighted by molar-refractivity contribution is 5.76. The molecule has 0 aromatic carbocycles. The number of likely N-dealkylation sites (tertiary alicyclic amines) is 1. The van der Waals surface area contributed by atoms with Gasteiger partial charge in [-0.15, -0.1) is 0 Å². The van der Waals surface area contributed by atoms with Gasteiger partial charge in [0, 0.05) is 18.0 Å². The van der Waals surface area contributed by atoms with Crippen molar-refractivity contribution in [2.75, 3.05) is 13.1 Å². The molecule has 1 aliphatic carbocycles. The highest BCUT2D eigenvalue weighted by atomic mass is 16.4. The number of nitrogens with zero attached hydrogens (tertiary/aromatic N) is 2. The average Bonchev–Trinajstić information content (AvgIpc) is 3.07. The van der Waals surface area contributed by atoms with E-state index in [2.05, 4.69) is 9.88 Å². The molecule has 96 valence electrons. The Labute approximate surface area is 107 Å². The number of aliphatic carboxylic acids is 1. The summed E-state index contributed by atoms with van der Waals surface area (Å²) in [5.41, 5.74) is 2.11. The monoisotopic (exact) mass is 246 g/mol. The minimum absolute atomic E-state index is 0.503. The van der Waals surface area contributed by atoms with E-state index in [1.807, 2.05) is 6.07 Å². The number of carboxylic acids is 1. The second-order valence-corrected chi connectivity index (χ2v) is 5.26. The lowest BCUT2D eigenvalue weighted by molar-refractivity contribution is -0.143. The third-order valence-electron chi connectivity index (χ3n) is 3.94. The molecule has 4 heteroatoms. The summed E-state index contributed by atoms with van der Waals surface area (Å²) < 4.78 is 0. The van der Waals surface area contributed by atoms with Gasteiger partial charge in [-0.25, -0.2) is 0 Å². The van der Waals surface area contributed by atoms with Crippen molar-refractivity contribution in [3.8, 4) is 0 Å². The molecule has 18 heavy (non-hydrogen) atoms. The summed E-state index contributed by atoms with van der Waals surface area (Å²) in [7, 11) is 0. The molecule has 1 atom stereocenters. The Balaban J connectivity index is 1.96. The van der Waals surface area contributed by atoms with Gasteiger partial charge >= 0.3 is 5.97 Å². The van der Waals surface area contributed by atoms with Crippen LogP contribution in [0.4, 0.5) is 0 Å². The summed E-state index contributed by atoms with van der Waals surface area (Å²) in [4.78, 5) is 17.8. The van der Waals surface area contributed by atoms with Crippen LogP contribution in [-0.2, 0) is 4.79 Å². The number of hydrogen-bond donors (Lipinski definition) is 1. The summed E-state index contributed by atoms with van der Waals surface area (Å²) in [5.74, 6) is -0.181. The van der Waals surface area contributed by atoms with Gasteiger partial charge in [0.05, 0.1) is 0 Å². The highest BCUT2D eigenvalue weighted by Gasteiger charge is 2.35. The summed E-state index contributed by atoms with van der Waals surface area (Å²) in [6.07, 6.45) is 8.10. The predicted molar refractivity (Wildman–Crippen MR) is 67.4 cm³/mol. The van der Waals surface area contributed by atoms with Crippen molar-refractivity contribution in [2.24, 2.45) is 0 Å². The van der Waals surface area contributed by atoms with Crippen LogP contribution in [-0.4, -0.2) is 34.0 Å². The van der Waals surface area contributed by atoms with E-state index in [-0.39, 0.29) is 0 Å². The fourth-order valence-corrected chi connectivity index (χ4v) is 2.90. The quantitative estimate of drug-likeness (QED) is 0.884. The molecule has 1 saturated carbocycles. The molecular formula is C14H18N2O2. The first-order valence-corrected chi connectivity index (χ1v) is 6.68. The Morgan fingerprint density at radius 3 is 2.72 bits per heavy atom. The maximum atomic E-state index is 11.6. The van der Waals surface area contributed by atoms with Gasteiger partial charge in [0.2, 0.25) is 0 Å². The van der Waals surface area contributed by atoms with Crippen LogP contribution in [0.3, 0.4) is 0 Å². The number of hydrogen-bond acceptors (Lipinski definition) is 3. The first-order chi connectivity index (χ1) is 8.77. The first kappa shape index (κ1) is 11.7. The van der Waals surface area contributed by atoms with Crippen LogP contribution in [0.25, 0.3) is 0 Å². The van der Waals surface area contributed by atoms with Gasteiger partial charge in [0.15, 0.2) is 0 Å². The minimum Gasteiger partial charge on any atom is -0.480 e. The van der Waals surface area contributed by atoms with Gasteiger partial charge in [-0.05, 0) is 56.3 Å². The first-order valence-electron chi connectivity index (χ1n) is 6.68. The topological polar surface area (TPSA) is 53.4 Å². The SMILES string of the molecule is O=C(O)C(c1cnccc1C1CC1)N1CCCC1. The number of carboxylic acid groups (broad SMARTS) is 1. The smallest absolute Gasteiger partial charge is 0.325 e. The highest BCUT2D eigenvalue weighted by Crippen LogP contribution is 2.43. The molecule has 2 aliphatic rings. The lowest BCUT2D eigenvalue weighted by Gasteiger charge is -2.25. The van der Waals surface area contributed by atoms with E-state index in [1.165, 1.54) is 18.4 Å². The van der Waals surface area contributed by atoms with Crippen LogP contribution < -0.4 is 0 Å². The fourth-order valence-electron chi connectivity index (χ4n) is 2.90. The largest absolute Gasteiger partial charge is 0.480 e. The molecule has 1 N–H and O–H groups in total. The molecule has 1 saturated heterocycles. The van der Waals surface area contributed by atoms with E-state index in [4.69, 9.17) is 0 Å². The molecule has 0 spiro atoms. The molecule has 1 aromatic rings. The van der Waals surface area contributed by atoms with Crippen LogP contribution in [0.1, 0.15) is 48.8 Å². The molecule has 1 aromatic heterocycles. The average molecular weight is 246 g/mol. The molecule has 1 unspecified atom stereocenters. The van der Waals surface area contributed by atoms with Gasteiger partial charge in [-0.3, -0.25) is 14.7 Å². The lowest BCUT2D eigenvalue weighted by atomic mass is 9.98. The molecule has 3 rings (SSSR count). The Morgan fingerprint density at radius 2 is 2.11 bits per heavy atom. The van der Waals surface area contributed by atoms with Crippen molar-refractivity contribution < 1.29 is 9.90 Å². The van der Waals surface area contributed by atoms with E-state index < -0.39 is 12.0 Å². The van der Waals surface area contributed by atoms with Crippen molar-refractivity contribution in [1.29, 1.82) is 0 Å². The van der Waals surface area contributed by atoms with Crippen LogP contribution in [0.15, 0.2) is 18.5 Å². The molecule has 1 aliphatic heterocycles. The Morgan fingerprint density at radius 1 is 1.39 bits per heavy atom. The normalized spacial score (nSPS) is 22.0. The maximum absolute atomic E-state index is 11.6. The minimum atomic E-state index is -0.744. The van der Waals surface area contributed by atoms with Crippen molar-refractivity contribution in [2.45, 2.75) is 37.6 Å². The molecular weight excluding hydrogens is 228 g/mol. The molecule has 4 nitrogen and oxygen atoms in total. The molecule has 0 bridgehead atoms. The zero-order chi connectivity index (χ0) is 12.5. The van der Waals surface area contributed by atoms with Gasteiger partial charge in [-0.2, -0.15) is 0 Å². The molecule has 0 radical (unpaired) electrons. The van der Waals surface area contributed by atoms with Crippen LogP contribution in [0.2, 0.25) is 0 Å². The van der Waals surface area contributed by atoms with E-state index in [0.717, 1.165) is 31.5 Å². The van der Waals surface area contributed by atoms with Gasteiger partial charge < -0.3 is 5.11 Å². The zero-order valence-corrected chi connectivity index (χ0v) is 10.4. The van der Waals surface area contributed by atoms with Crippen LogP contribution in [0.5, 0.6) is 0 Å². The van der Waals surface area contributed by atoms with Crippen molar-refractivity contribution in [1.82, 2.24) is 9.88 Å².